The molecule has 0 unspecified atom stereocenters. The van der Waals surface area contributed by atoms with Crippen LogP contribution < -0.4 is 0 Å². The van der Waals surface area contributed by atoms with Crippen LogP contribution in [0.25, 0.3) is 0 Å². The number of hydrogen-bond acceptors (Lipinski definition) is 3. The summed E-state index contributed by atoms with van der Waals surface area (Å²) in [6.07, 6.45) is 6.48. The minimum atomic E-state index is -0.420. The Morgan fingerprint density at radius 2 is 2.15 bits per heavy atom. The zero-order chi connectivity index (χ0) is 9.52. The van der Waals surface area contributed by atoms with Crippen LogP contribution in [0.1, 0.15) is 39.0 Å². The average Bonchev–Trinajstić information content (AvgIpc) is 2.60. The molecule has 1 saturated heterocycles. The fourth-order valence-electron chi connectivity index (χ4n) is 1.50. The Morgan fingerprint density at radius 1 is 1.31 bits per heavy atom. The van der Waals surface area contributed by atoms with Crippen molar-refractivity contribution >= 4 is 0 Å². The van der Waals surface area contributed by atoms with E-state index in [-0.39, 0.29) is 6.10 Å². The lowest BCUT2D eigenvalue weighted by atomic mass is 10.1. The van der Waals surface area contributed by atoms with Crippen molar-refractivity contribution in [2.45, 2.75) is 51.6 Å². The van der Waals surface area contributed by atoms with E-state index in [2.05, 4.69) is 6.92 Å². The van der Waals surface area contributed by atoms with Gasteiger partial charge >= 0.3 is 0 Å². The van der Waals surface area contributed by atoms with Crippen molar-refractivity contribution in [3.05, 3.63) is 0 Å². The lowest BCUT2D eigenvalue weighted by Crippen LogP contribution is -2.13. The summed E-state index contributed by atoms with van der Waals surface area (Å²) in [5, 5.41) is 0. The summed E-state index contributed by atoms with van der Waals surface area (Å²) >= 11 is 0. The molecule has 1 fully saturated rings. The Morgan fingerprint density at radius 3 is 2.77 bits per heavy atom. The van der Waals surface area contributed by atoms with Crippen molar-refractivity contribution in [3.63, 3.8) is 0 Å². The second kappa shape index (κ2) is 6.35. The van der Waals surface area contributed by atoms with Gasteiger partial charge in [0.1, 0.15) is 0 Å². The van der Waals surface area contributed by atoms with Crippen LogP contribution in [0.3, 0.4) is 0 Å². The third-order valence-electron chi connectivity index (χ3n) is 2.29. The van der Waals surface area contributed by atoms with Crippen LogP contribution in [0.2, 0.25) is 0 Å². The number of ether oxygens (including phenoxy) is 3. The smallest absolute Gasteiger partial charge is 0.271 e. The number of unbranched alkanes of at least 4 members (excludes halogenated alkanes) is 3. The predicted octanol–water partition coefficient (Wildman–Crippen LogP) is 2.30. The third kappa shape index (κ3) is 4.07. The minimum absolute atomic E-state index is 0.252. The molecule has 13 heavy (non-hydrogen) atoms. The molecule has 1 aliphatic heterocycles. The van der Waals surface area contributed by atoms with E-state index in [4.69, 9.17) is 14.2 Å². The number of methoxy groups -OCH3 is 1. The van der Waals surface area contributed by atoms with Crippen LogP contribution in [0.4, 0.5) is 0 Å². The van der Waals surface area contributed by atoms with Gasteiger partial charge in [-0.3, -0.25) is 0 Å². The van der Waals surface area contributed by atoms with E-state index < -0.39 is 6.48 Å². The lowest BCUT2D eigenvalue weighted by Gasteiger charge is -2.08. The van der Waals surface area contributed by atoms with Gasteiger partial charge in [-0.25, -0.2) is 0 Å². The van der Waals surface area contributed by atoms with E-state index in [1.54, 1.807) is 7.11 Å². The third-order valence-corrected chi connectivity index (χ3v) is 2.29. The lowest BCUT2D eigenvalue weighted by molar-refractivity contribution is -0.223. The predicted molar refractivity (Wildman–Crippen MR) is 50.4 cm³/mol. The minimum Gasteiger partial charge on any atom is -0.333 e. The van der Waals surface area contributed by atoms with E-state index in [0.29, 0.717) is 6.61 Å². The molecule has 0 aromatic carbocycles. The van der Waals surface area contributed by atoms with Crippen LogP contribution in [0.15, 0.2) is 0 Å². The maximum absolute atomic E-state index is 5.45. The summed E-state index contributed by atoms with van der Waals surface area (Å²) < 4.78 is 15.6. The maximum Gasteiger partial charge on any atom is 0.271 e. The molecule has 0 aromatic rings. The van der Waals surface area contributed by atoms with Crippen LogP contribution in [0, 0.1) is 0 Å². The van der Waals surface area contributed by atoms with Crippen molar-refractivity contribution in [2.75, 3.05) is 13.7 Å². The van der Waals surface area contributed by atoms with E-state index in [0.717, 1.165) is 6.42 Å². The van der Waals surface area contributed by atoms with Crippen molar-refractivity contribution in [1.82, 2.24) is 0 Å². The molecular weight excluding hydrogens is 168 g/mol. The molecular formula is C10H20O3. The fraction of sp³-hybridized carbons (Fsp3) is 1.00. The van der Waals surface area contributed by atoms with Gasteiger partial charge in [0.05, 0.1) is 12.7 Å². The summed E-state index contributed by atoms with van der Waals surface area (Å²) in [5.74, 6) is 0. The van der Waals surface area contributed by atoms with Crippen molar-refractivity contribution in [3.8, 4) is 0 Å². The van der Waals surface area contributed by atoms with Gasteiger partial charge in [0.2, 0.25) is 0 Å². The number of rotatable bonds is 6. The summed E-state index contributed by atoms with van der Waals surface area (Å²) in [6, 6.07) is 0. The largest absolute Gasteiger partial charge is 0.333 e. The standard InChI is InChI=1S/C10H20O3/c1-3-4-5-6-7-9-8-12-10(11-2)13-9/h9-10H,3-8H2,1-2H3/t9-,10+/m0/s1. The molecule has 2 atom stereocenters. The Labute approximate surface area is 80.4 Å². The quantitative estimate of drug-likeness (QED) is 0.599. The molecule has 3 nitrogen and oxygen atoms in total. The highest BCUT2D eigenvalue weighted by Crippen LogP contribution is 2.17. The molecule has 1 aliphatic rings. The molecule has 0 saturated carbocycles. The van der Waals surface area contributed by atoms with Crippen molar-refractivity contribution < 1.29 is 14.2 Å². The van der Waals surface area contributed by atoms with E-state index in [9.17, 15) is 0 Å². The van der Waals surface area contributed by atoms with Gasteiger partial charge in [-0.05, 0) is 6.42 Å². The van der Waals surface area contributed by atoms with Gasteiger partial charge in [0.25, 0.3) is 6.48 Å². The van der Waals surface area contributed by atoms with Crippen LogP contribution in [-0.2, 0) is 14.2 Å². The molecule has 0 aliphatic carbocycles. The zero-order valence-electron chi connectivity index (χ0n) is 8.62. The Balaban J connectivity index is 1.97. The molecule has 0 aromatic heterocycles. The molecule has 3 heteroatoms. The first kappa shape index (κ1) is 11.0. The Hall–Kier alpha value is -0.120. The van der Waals surface area contributed by atoms with E-state index in [1.165, 1.54) is 25.7 Å². The Kier molecular flexibility index (Phi) is 5.35. The average molecular weight is 188 g/mol. The Bertz CT molecular complexity index is 127. The highest BCUT2D eigenvalue weighted by atomic mass is 16.9. The van der Waals surface area contributed by atoms with Crippen molar-refractivity contribution in [1.29, 1.82) is 0 Å². The van der Waals surface area contributed by atoms with Gasteiger partial charge in [-0.1, -0.05) is 32.6 Å². The number of hydrogen-bond donors (Lipinski definition) is 0. The van der Waals surface area contributed by atoms with Gasteiger partial charge < -0.3 is 14.2 Å². The molecule has 0 N–H and O–H groups in total. The SMILES string of the molecule is CCCCCC[C@H]1CO[C@@H](OC)O1. The van der Waals surface area contributed by atoms with Crippen LogP contribution >= 0.6 is 0 Å². The normalized spacial score (nSPS) is 28.2. The molecule has 1 rings (SSSR count). The highest BCUT2D eigenvalue weighted by Gasteiger charge is 2.24. The van der Waals surface area contributed by atoms with E-state index >= 15 is 0 Å². The van der Waals surface area contributed by atoms with Crippen molar-refractivity contribution in [2.24, 2.45) is 0 Å². The zero-order valence-corrected chi connectivity index (χ0v) is 8.62. The van der Waals surface area contributed by atoms with Gasteiger partial charge in [-0.15, -0.1) is 0 Å². The maximum atomic E-state index is 5.45. The van der Waals surface area contributed by atoms with Crippen LogP contribution in [0.5, 0.6) is 0 Å². The molecule has 0 radical (unpaired) electrons. The van der Waals surface area contributed by atoms with Gasteiger partial charge in [0.15, 0.2) is 0 Å². The molecule has 0 spiro atoms. The molecule has 0 bridgehead atoms. The molecule has 78 valence electrons. The topological polar surface area (TPSA) is 27.7 Å². The monoisotopic (exact) mass is 188 g/mol. The summed E-state index contributed by atoms with van der Waals surface area (Å²) in [7, 11) is 1.60. The summed E-state index contributed by atoms with van der Waals surface area (Å²) in [5.41, 5.74) is 0. The first-order valence-electron chi connectivity index (χ1n) is 5.16. The van der Waals surface area contributed by atoms with Crippen LogP contribution in [-0.4, -0.2) is 26.3 Å². The van der Waals surface area contributed by atoms with E-state index in [1.807, 2.05) is 0 Å². The second-order valence-corrected chi connectivity index (χ2v) is 3.47. The first-order valence-corrected chi connectivity index (χ1v) is 5.16. The summed E-state index contributed by atoms with van der Waals surface area (Å²) in [4.78, 5) is 0. The molecule has 1 heterocycles. The molecule has 0 amide bonds. The fourth-order valence-corrected chi connectivity index (χ4v) is 1.50. The first-order chi connectivity index (χ1) is 6.36. The van der Waals surface area contributed by atoms with Gasteiger partial charge in [0, 0.05) is 7.11 Å². The van der Waals surface area contributed by atoms with Gasteiger partial charge in [-0.2, -0.15) is 0 Å². The highest BCUT2D eigenvalue weighted by molar-refractivity contribution is 4.61. The summed E-state index contributed by atoms with van der Waals surface area (Å²) in [6.45, 7) is 2.48. The second-order valence-electron chi connectivity index (χ2n) is 3.47.